The van der Waals surface area contributed by atoms with Gasteiger partial charge in [-0.1, -0.05) is 27.3 Å². The quantitative estimate of drug-likeness (QED) is 0.690. The third-order valence-corrected chi connectivity index (χ3v) is 4.27. The standard InChI is InChI=1S/C15H10BrN3O3S/c16-10-1-2-11-12(7-10)23-15(18-11)19-13(20)8-22-14(21)9-3-5-17-6-4-9/h1-7H,8H2,(H,18,19,20). The maximum absolute atomic E-state index is 11.8. The Hall–Kier alpha value is -2.32. The second-order valence-corrected chi connectivity index (χ2v) is 6.44. The van der Waals surface area contributed by atoms with Crippen molar-refractivity contribution in [2.24, 2.45) is 0 Å². The summed E-state index contributed by atoms with van der Waals surface area (Å²) in [7, 11) is 0. The van der Waals surface area contributed by atoms with Crippen molar-refractivity contribution >= 4 is 54.5 Å². The lowest BCUT2D eigenvalue weighted by molar-refractivity contribution is -0.119. The maximum atomic E-state index is 11.8. The first-order valence-electron chi connectivity index (χ1n) is 6.55. The number of amides is 1. The zero-order chi connectivity index (χ0) is 16.2. The second-order valence-electron chi connectivity index (χ2n) is 4.49. The Morgan fingerprint density at radius 1 is 1.22 bits per heavy atom. The van der Waals surface area contributed by atoms with Crippen LogP contribution in [0.1, 0.15) is 10.4 Å². The number of anilines is 1. The van der Waals surface area contributed by atoms with Crippen molar-refractivity contribution in [2.45, 2.75) is 0 Å². The molecule has 0 unspecified atom stereocenters. The average molecular weight is 392 g/mol. The van der Waals surface area contributed by atoms with E-state index in [1.807, 2.05) is 18.2 Å². The number of aromatic nitrogens is 2. The monoisotopic (exact) mass is 391 g/mol. The van der Waals surface area contributed by atoms with Gasteiger partial charge in [-0.05, 0) is 30.3 Å². The molecule has 2 heterocycles. The van der Waals surface area contributed by atoms with Crippen LogP contribution in [0.3, 0.4) is 0 Å². The second kappa shape index (κ2) is 6.84. The summed E-state index contributed by atoms with van der Waals surface area (Å²) in [6.45, 7) is -0.374. The van der Waals surface area contributed by atoms with Gasteiger partial charge in [0.2, 0.25) is 0 Å². The van der Waals surface area contributed by atoms with Crippen molar-refractivity contribution in [1.82, 2.24) is 9.97 Å². The zero-order valence-electron chi connectivity index (χ0n) is 11.7. The molecular formula is C15H10BrN3O3S. The Balaban J connectivity index is 1.59. The summed E-state index contributed by atoms with van der Waals surface area (Å²) < 4.78 is 6.84. The molecule has 116 valence electrons. The normalized spacial score (nSPS) is 10.5. The number of nitrogens with zero attached hydrogens (tertiary/aromatic N) is 2. The van der Waals surface area contributed by atoms with Crippen LogP contribution in [-0.2, 0) is 9.53 Å². The predicted molar refractivity (Wildman–Crippen MR) is 90.5 cm³/mol. The van der Waals surface area contributed by atoms with Gasteiger partial charge in [0.25, 0.3) is 5.91 Å². The van der Waals surface area contributed by atoms with Gasteiger partial charge in [-0.3, -0.25) is 15.1 Å². The fraction of sp³-hybridized carbons (Fsp3) is 0.0667. The van der Waals surface area contributed by atoms with Gasteiger partial charge >= 0.3 is 5.97 Å². The first-order valence-corrected chi connectivity index (χ1v) is 8.16. The number of hydrogen-bond acceptors (Lipinski definition) is 6. The van der Waals surface area contributed by atoms with E-state index in [4.69, 9.17) is 4.74 Å². The molecule has 6 nitrogen and oxygen atoms in total. The molecule has 3 rings (SSSR count). The van der Waals surface area contributed by atoms with E-state index in [0.717, 1.165) is 14.7 Å². The summed E-state index contributed by atoms with van der Waals surface area (Å²) in [5.41, 5.74) is 1.14. The number of esters is 1. The highest BCUT2D eigenvalue weighted by Crippen LogP contribution is 2.28. The average Bonchev–Trinajstić information content (AvgIpc) is 2.94. The van der Waals surface area contributed by atoms with Crippen LogP contribution in [0.15, 0.2) is 47.2 Å². The Morgan fingerprint density at radius 3 is 2.78 bits per heavy atom. The molecule has 0 saturated heterocycles. The third kappa shape index (κ3) is 3.91. The number of pyridine rings is 1. The maximum Gasteiger partial charge on any atom is 0.338 e. The molecular weight excluding hydrogens is 382 g/mol. The van der Waals surface area contributed by atoms with E-state index in [2.05, 4.69) is 31.2 Å². The number of rotatable bonds is 4. The molecule has 1 aromatic carbocycles. The molecule has 0 atom stereocenters. The first-order chi connectivity index (χ1) is 11.1. The van der Waals surface area contributed by atoms with E-state index >= 15 is 0 Å². The van der Waals surface area contributed by atoms with Gasteiger partial charge in [0.05, 0.1) is 15.8 Å². The minimum Gasteiger partial charge on any atom is -0.452 e. The number of halogens is 1. The van der Waals surface area contributed by atoms with Crippen molar-refractivity contribution in [3.8, 4) is 0 Å². The molecule has 0 radical (unpaired) electrons. The summed E-state index contributed by atoms with van der Waals surface area (Å²) in [6.07, 6.45) is 2.96. The molecule has 0 fully saturated rings. The molecule has 3 aromatic rings. The minimum absolute atomic E-state index is 0.345. The molecule has 0 aliphatic heterocycles. The van der Waals surface area contributed by atoms with Gasteiger partial charge in [-0.15, -0.1) is 0 Å². The van der Waals surface area contributed by atoms with E-state index in [0.29, 0.717) is 10.7 Å². The van der Waals surface area contributed by atoms with E-state index in [9.17, 15) is 9.59 Å². The number of ether oxygens (including phenoxy) is 1. The SMILES string of the molecule is O=C(COC(=O)c1ccncc1)Nc1nc2ccc(Br)cc2s1. The van der Waals surface area contributed by atoms with Crippen LogP contribution >= 0.6 is 27.3 Å². The number of fused-ring (bicyclic) bond motifs is 1. The lowest BCUT2D eigenvalue weighted by Crippen LogP contribution is -2.20. The van der Waals surface area contributed by atoms with Crippen LogP contribution in [-0.4, -0.2) is 28.5 Å². The Bertz CT molecular complexity index is 867. The number of hydrogen-bond donors (Lipinski definition) is 1. The molecule has 0 saturated carbocycles. The van der Waals surface area contributed by atoms with E-state index in [1.165, 1.54) is 35.9 Å². The van der Waals surface area contributed by atoms with Crippen molar-refractivity contribution < 1.29 is 14.3 Å². The van der Waals surface area contributed by atoms with Crippen molar-refractivity contribution in [1.29, 1.82) is 0 Å². The van der Waals surface area contributed by atoms with Crippen LogP contribution in [0.4, 0.5) is 5.13 Å². The summed E-state index contributed by atoms with van der Waals surface area (Å²) in [4.78, 5) is 31.7. The van der Waals surface area contributed by atoms with Gasteiger partial charge < -0.3 is 4.74 Å². The fourth-order valence-corrected chi connectivity index (χ4v) is 3.24. The predicted octanol–water partition coefficient (Wildman–Crippen LogP) is 3.25. The zero-order valence-corrected chi connectivity index (χ0v) is 14.1. The number of benzene rings is 1. The van der Waals surface area contributed by atoms with Crippen LogP contribution in [0.25, 0.3) is 10.2 Å². The molecule has 0 aliphatic rings. The van der Waals surface area contributed by atoms with Gasteiger partial charge in [0.1, 0.15) is 0 Å². The number of carbonyl (C=O) groups excluding carboxylic acids is 2. The summed E-state index contributed by atoms with van der Waals surface area (Å²) in [5, 5.41) is 3.08. The van der Waals surface area contributed by atoms with Crippen molar-refractivity contribution in [3.05, 3.63) is 52.8 Å². The van der Waals surface area contributed by atoms with Crippen LogP contribution < -0.4 is 5.32 Å². The highest BCUT2D eigenvalue weighted by Gasteiger charge is 2.12. The molecule has 0 aliphatic carbocycles. The Labute approximate surface area is 143 Å². The minimum atomic E-state index is -0.573. The van der Waals surface area contributed by atoms with Gasteiger partial charge in [0.15, 0.2) is 11.7 Å². The molecule has 0 spiro atoms. The van der Waals surface area contributed by atoms with Gasteiger partial charge in [-0.2, -0.15) is 0 Å². The topological polar surface area (TPSA) is 81.2 Å². The molecule has 1 amide bonds. The van der Waals surface area contributed by atoms with E-state index < -0.39 is 11.9 Å². The molecule has 1 N–H and O–H groups in total. The molecule has 23 heavy (non-hydrogen) atoms. The summed E-state index contributed by atoms with van der Waals surface area (Å²) >= 11 is 4.73. The van der Waals surface area contributed by atoms with E-state index in [1.54, 1.807) is 0 Å². The van der Waals surface area contributed by atoms with Crippen LogP contribution in [0.2, 0.25) is 0 Å². The van der Waals surface area contributed by atoms with Gasteiger partial charge in [0, 0.05) is 16.9 Å². The Kier molecular flexibility index (Phi) is 4.63. The number of carbonyl (C=O) groups is 2. The van der Waals surface area contributed by atoms with Crippen LogP contribution in [0, 0.1) is 0 Å². The molecule has 8 heteroatoms. The molecule has 0 bridgehead atoms. The lowest BCUT2D eigenvalue weighted by Gasteiger charge is -2.04. The van der Waals surface area contributed by atoms with Crippen LogP contribution in [0.5, 0.6) is 0 Å². The fourth-order valence-electron chi connectivity index (χ4n) is 1.81. The van der Waals surface area contributed by atoms with Crippen molar-refractivity contribution in [3.63, 3.8) is 0 Å². The number of nitrogens with one attached hydrogen (secondary N) is 1. The first kappa shape index (κ1) is 15.6. The van der Waals surface area contributed by atoms with E-state index in [-0.39, 0.29) is 6.61 Å². The third-order valence-electron chi connectivity index (χ3n) is 2.85. The van der Waals surface area contributed by atoms with Gasteiger partial charge in [-0.25, -0.2) is 9.78 Å². The Morgan fingerprint density at radius 2 is 2.00 bits per heavy atom. The molecule has 2 aromatic heterocycles. The summed E-state index contributed by atoms with van der Waals surface area (Å²) in [6, 6.07) is 8.70. The highest BCUT2D eigenvalue weighted by atomic mass is 79.9. The lowest BCUT2D eigenvalue weighted by atomic mass is 10.3. The largest absolute Gasteiger partial charge is 0.452 e. The highest BCUT2D eigenvalue weighted by molar-refractivity contribution is 9.10. The van der Waals surface area contributed by atoms with Crippen molar-refractivity contribution in [2.75, 3.05) is 11.9 Å². The smallest absolute Gasteiger partial charge is 0.338 e. The summed E-state index contributed by atoms with van der Waals surface area (Å²) in [5.74, 6) is -1.01. The number of thiazole rings is 1.